The second-order valence-corrected chi connectivity index (χ2v) is 7.42. The molecule has 1 aromatic heterocycles. The summed E-state index contributed by atoms with van der Waals surface area (Å²) in [4.78, 5) is 4.35. The van der Waals surface area contributed by atoms with Crippen molar-refractivity contribution in [1.82, 2.24) is 4.98 Å². The maximum absolute atomic E-state index is 5.96. The van der Waals surface area contributed by atoms with E-state index in [-0.39, 0.29) is 0 Å². The molecule has 0 aliphatic carbocycles. The quantitative estimate of drug-likeness (QED) is 0.404. The highest BCUT2D eigenvalue weighted by atomic mass is 32.1. The standard InChI is InChI=1S/C23H27NOS/c1-3-5-19(6-4-2)20-11-13-22(14-12-20)25-15-18-7-9-21(10-8-18)23-16-26-17-24-23/h7-14,16-17,19H,3-6,15H2,1-2H3. The minimum atomic E-state index is 0.587. The zero-order chi connectivity index (χ0) is 18.2. The van der Waals surface area contributed by atoms with Crippen LogP contribution in [0.3, 0.4) is 0 Å². The van der Waals surface area contributed by atoms with Crippen LogP contribution in [-0.2, 0) is 6.61 Å². The Morgan fingerprint density at radius 3 is 2.19 bits per heavy atom. The van der Waals surface area contributed by atoms with Gasteiger partial charge in [0.05, 0.1) is 11.2 Å². The Kier molecular flexibility index (Phi) is 6.84. The van der Waals surface area contributed by atoms with Crippen LogP contribution in [0.5, 0.6) is 5.75 Å². The number of aromatic nitrogens is 1. The molecule has 0 unspecified atom stereocenters. The fourth-order valence-corrected chi connectivity index (χ4v) is 3.87. The fraction of sp³-hybridized carbons (Fsp3) is 0.348. The van der Waals surface area contributed by atoms with Crippen LogP contribution < -0.4 is 4.74 Å². The van der Waals surface area contributed by atoms with Crippen molar-refractivity contribution in [2.45, 2.75) is 52.1 Å². The van der Waals surface area contributed by atoms with Crippen LogP contribution in [0.25, 0.3) is 11.3 Å². The molecule has 2 nitrogen and oxygen atoms in total. The summed E-state index contributed by atoms with van der Waals surface area (Å²) in [6.45, 7) is 5.11. The summed E-state index contributed by atoms with van der Waals surface area (Å²) in [7, 11) is 0. The third-order valence-electron chi connectivity index (χ3n) is 4.71. The molecule has 2 aromatic carbocycles. The van der Waals surface area contributed by atoms with E-state index >= 15 is 0 Å². The first-order valence-corrected chi connectivity index (χ1v) is 10.4. The van der Waals surface area contributed by atoms with E-state index in [1.54, 1.807) is 11.3 Å². The molecule has 0 fully saturated rings. The van der Waals surface area contributed by atoms with E-state index in [9.17, 15) is 0 Å². The summed E-state index contributed by atoms with van der Waals surface area (Å²) in [5.41, 5.74) is 6.65. The van der Waals surface area contributed by atoms with Gasteiger partial charge in [-0.2, -0.15) is 0 Å². The van der Waals surface area contributed by atoms with Crippen LogP contribution in [0.1, 0.15) is 56.6 Å². The van der Waals surface area contributed by atoms with E-state index in [2.05, 4.69) is 72.7 Å². The number of hydrogen-bond acceptors (Lipinski definition) is 3. The van der Waals surface area contributed by atoms with Gasteiger partial charge >= 0.3 is 0 Å². The lowest BCUT2D eigenvalue weighted by molar-refractivity contribution is 0.306. The van der Waals surface area contributed by atoms with Crippen molar-refractivity contribution >= 4 is 11.3 Å². The van der Waals surface area contributed by atoms with Crippen molar-refractivity contribution in [2.75, 3.05) is 0 Å². The molecular formula is C23H27NOS. The highest BCUT2D eigenvalue weighted by molar-refractivity contribution is 7.07. The van der Waals surface area contributed by atoms with Gasteiger partial charge in [-0.25, -0.2) is 4.98 Å². The minimum absolute atomic E-state index is 0.587. The maximum atomic E-state index is 5.96. The highest BCUT2D eigenvalue weighted by Crippen LogP contribution is 2.28. The molecule has 136 valence electrons. The molecule has 0 bridgehead atoms. The number of rotatable bonds is 9. The lowest BCUT2D eigenvalue weighted by Gasteiger charge is -2.16. The van der Waals surface area contributed by atoms with E-state index in [4.69, 9.17) is 4.74 Å². The van der Waals surface area contributed by atoms with Crippen molar-refractivity contribution < 1.29 is 4.74 Å². The molecule has 0 aliphatic rings. The maximum Gasteiger partial charge on any atom is 0.119 e. The van der Waals surface area contributed by atoms with Gasteiger partial charge in [-0.15, -0.1) is 11.3 Å². The van der Waals surface area contributed by atoms with Crippen LogP contribution in [0.2, 0.25) is 0 Å². The van der Waals surface area contributed by atoms with Gasteiger partial charge in [0.1, 0.15) is 12.4 Å². The van der Waals surface area contributed by atoms with Crippen molar-refractivity contribution in [2.24, 2.45) is 0 Å². The van der Waals surface area contributed by atoms with Gasteiger partial charge in [0, 0.05) is 10.9 Å². The molecule has 0 radical (unpaired) electrons. The Bertz CT molecular complexity index is 757. The number of hydrogen-bond donors (Lipinski definition) is 0. The Labute approximate surface area is 160 Å². The van der Waals surface area contributed by atoms with Crippen molar-refractivity contribution in [1.29, 1.82) is 0 Å². The Balaban J connectivity index is 1.57. The Morgan fingerprint density at radius 1 is 0.923 bits per heavy atom. The van der Waals surface area contributed by atoms with Gasteiger partial charge in [-0.1, -0.05) is 63.1 Å². The van der Waals surface area contributed by atoms with E-state index in [0.717, 1.165) is 17.0 Å². The summed E-state index contributed by atoms with van der Waals surface area (Å²) in [5, 5.41) is 2.07. The summed E-state index contributed by atoms with van der Waals surface area (Å²) < 4.78 is 5.96. The molecule has 3 aromatic rings. The fourth-order valence-electron chi connectivity index (χ4n) is 3.30. The monoisotopic (exact) mass is 365 g/mol. The molecule has 3 heteroatoms. The van der Waals surface area contributed by atoms with Crippen molar-refractivity contribution in [3.63, 3.8) is 0 Å². The second kappa shape index (κ2) is 9.54. The van der Waals surface area contributed by atoms with Crippen LogP contribution in [0.15, 0.2) is 59.4 Å². The average molecular weight is 366 g/mol. The van der Waals surface area contributed by atoms with Gasteiger partial charge < -0.3 is 4.74 Å². The summed E-state index contributed by atoms with van der Waals surface area (Å²) in [5.74, 6) is 1.61. The third kappa shape index (κ3) is 4.95. The lowest BCUT2D eigenvalue weighted by atomic mass is 9.90. The minimum Gasteiger partial charge on any atom is -0.489 e. The SMILES string of the molecule is CCCC(CCC)c1ccc(OCc2ccc(-c3cscn3)cc2)cc1. The van der Waals surface area contributed by atoms with E-state index in [1.807, 2.05) is 5.51 Å². The first-order chi connectivity index (χ1) is 12.8. The predicted molar refractivity (Wildman–Crippen MR) is 111 cm³/mol. The molecule has 0 atom stereocenters. The molecule has 0 N–H and O–H groups in total. The first kappa shape index (κ1) is 18.7. The highest BCUT2D eigenvalue weighted by Gasteiger charge is 2.09. The average Bonchev–Trinajstić information content (AvgIpc) is 3.22. The smallest absolute Gasteiger partial charge is 0.119 e. The van der Waals surface area contributed by atoms with Crippen molar-refractivity contribution in [3.05, 3.63) is 70.5 Å². The Hall–Kier alpha value is -2.13. The Morgan fingerprint density at radius 2 is 1.62 bits per heavy atom. The van der Waals surface area contributed by atoms with E-state index in [0.29, 0.717) is 12.5 Å². The van der Waals surface area contributed by atoms with Gasteiger partial charge in [0.25, 0.3) is 0 Å². The largest absolute Gasteiger partial charge is 0.489 e. The van der Waals surface area contributed by atoms with E-state index in [1.165, 1.54) is 36.8 Å². The number of thiazole rings is 1. The molecule has 0 saturated heterocycles. The molecule has 0 spiro atoms. The molecular weight excluding hydrogens is 338 g/mol. The van der Waals surface area contributed by atoms with Crippen LogP contribution >= 0.6 is 11.3 Å². The van der Waals surface area contributed by atoms with Gasteiger partial charge in [-0.05, 0) is 42.0 Å². The normalized spacial score (nSPS) is 11.0. The number of ether oxygens (including phenoxy) is 1. The van der Waals surface area contributed by atoms with Crippen LogP contribution in [0, 0.1) is 0 Å². The first-order valence-electron chi connectivity index (χ1n) is 9.50. The van der Waals surface area contributed by atoms with Crippen LogP contribution in [0.4, 0.5) is 0 Å². The predicted octanol–water partition coefficient (Wildman–Crippen LogP) is 7.07. The summed E-state index contributed by atoms with van der Waals surface area (Å²) >= 11 is 1.62. The third-order valence-corrected chi connectivity index (χ3v) is 5.30. The zero-order valence-electron chi connectivity index (χ0n) is 15.7. The van der Waals surface area contributed by atoms with Gasteiger partial charge in [0.15, 0.2) is 0 Å². The van der Waals surface area contributed by atoms with E-state index < -0.39 is 0 Å². The summed E-state index contributed by atoms with van der Waals surface area (Å²) in [6.07, 6.45) is 5.00. The summed E-state index contributed by atoms with van der Waals surface area (Å²) in [6, 6.07) is 17.1. The van der Waals surface area contributed by atoms with Gasteiger partial charge in [0.2, 0.25) is 0 Å². The molecule has 1 heterocycles. The number of nitrogens with zero attached hydrogens (tertiary/aromatic N) is 1. The number of benzene rings is 2. The van der Waals surface area contributed by atoms with Gasteiger partial charge in [-0.3, -0.25) is 0 Å². The molecule has 0 aliphatic heterocycles. The molecule has 26 heavy (non-hydrogen) atoms. The zero-order valence-corrected chi connectivity index (χ0v) is 16.5. The molecule has 0 amide bonds. The second-order valence-electron chi connectivity index (χ2n) is 6.70. The lowest BCUT2D eigenvalue weighted by Crippen LogP contribution is -1.99. The molecule has 0 saturated carbocycles. The molecule has 3 rings (SSSR count). The topological polar surface area (TPSA) is 22.1 Å². The van der Waals surface area contributed by atoms with Crippen LogP contribution in [-0.4, -0.2) is 4.98 Å². The van der Waals surface area contributed by atoms with Crippen molar-refractivity contribution in [3.8, 4) is 17.0 Å².